The van der Waals surface area contributed by atoms with Gasteiger partial charge >= 0.3 is 0 Å². The Hall–Kier alpha value is -0.610. The Kier molecular flexibility index (Phi) is 6.60. The molecule has 0 aromatic carbocycles. The normalized spacial score (nSPS) is 13.9. The molecule has 0 aliphatic rings. The van der Waals surface area contributed by atoms with Gasteiger partial charge in [-0.1, -0.05) is 20.8 Å². The first kappa shape index (κ1) is 15.4. The van der Waals surface area contributed by atoms with Gasteiger partial charge in [-0.05, 0) is 32.5 Å². The van der Waals surface area contributed by atoms with Crippen molar-refractivity contribution in [3.8, 4) is 0 Å². The van der Waals surface area contributed by atoms with Crippen LogP contribution >= 0.6 is 0 Å². The second-order valence-corrected chi connectivity index (χ2v) is 5.62. The summed E-state index contributed by atoms with van der Waals surface area (Å²) in [7, 11) is 4.09. The molecule has 4 heteroatoms. The molecule has 3 N–H and O–H groups in total. The molecule has 0 aromatic heterocycles. The van der Waals surface area contributed by atoms with Crippen LogP contribution in [0.2, 0.25) is 0 Å². The van der Waals surface area contributed by atoms with Crippen molar-refractivity contribution >= 4 is 5.91 Å². The van der Waals surface area contributed by atoms with Crippen molar-refractivity contribution in [2.45, 2.75) is 39.7 Å². The van der Waals surface area contributed by atoms with Crippen LogP contribution in [-0.2, 0) is 4.79 Å². The van der Waals surface area contributed by atoms with E-state index in [0.29, 0.717) is 13.0 Å². The Labute approximate surface area is 99.6 Å². The molecule has 0 radical (unpaired) electrons. The van der Waals surface area contributed by atoms with Crippen molar-refractivity contribution in [2.75, 3.05) is 27.2 Å². The lowest BCUT2D eigenvalue weighted by Gasteiger charge is -2.32. The molecule has 0 spiro atoms. The number of hydrogen-bond donors (Lipinski definition) is 2. The predicted octanol–water partition coefficient (Wildman–Crippen LogP) is 0.818. The predicted molar refractivity (Wildman–Crippen MR) is 68.2 cm³/mol. The zero-order valence-electron chi connectivity index (χ0n) is 11.3. The second-order valence-electron chi connectivity index (χ2n) is 5.62. The summed E-state index contributed by atoms with van der Waals surface area (Å²) in [6.07, 6.45) is 1.38. The Morgan fingerprint density at radius 1 is 1.38 bits per heavy atom. The highest BCUT2D eigenvalue weighted by atomic mass is 16.1. The van der Waals surface area contributed by atoms with Gasteiger partial charge in [0.1, 0.15) is 0 Å². The Balaban J connectivity index is 4.27. The molecular weight excluding hydrogens is 202 g/mol. The molecular formula is C12H27N3O. The van der Waals surface area contributed by atoms with E-state index in [4.69, 9.17) is 5.73 Å². The SMILES string of the molecule is CN(C)CCC(NC(=O)CCN)C(C)(C)C. The van der Waals surface area contributed by atoms with Gasteiger partial charge in [0.25, 0.3) is 0 Å². The third-order valence-electron chi connectivity index (χ3n) is 2.62. The number of nitrogens with one attached hydrogen (secondary N) is 1. The van der Waals surface area contributed by atoms with Gasteiger partial charge < -0.3 is 16.0 Å². The van der Waals surface area contributed by atoms with E-state index in [0.717, 1.165) is 13.0 Å². The number of nitrogens with two attached hydrogens (primary N) is 1. The molecule has 0 rings (SSSR count). The largest absolute Gasteiger partial charge is 0.353 e. The highest BCUT2D eigenvalue weighted by Gasteiger charge is 2.25. The van der Waals surface area contributed by atoms with Gasteiger partial charge in [0.15, 0.2) is 0 Å². The van der Waals surface area contributed by atoms with Crippen LogP contribution in [0, 0.1) is 5.41 Å². The lowest BCUT2D eigenvalue weighted by Crippen LogP contribution is -2.45. The first-order valence-electron chi connectivity index (χ1n) is 5.91. The van der Waals surface area contributed by atoms with E-state index in [9.17, 15) is 4.79 Å². The maximum Gasteiger partial charge on any atom is 0.221 e. The summed E-state index contributed by atoms with van der Waals surface area (Å²) in [6.45, 7) is 7.84. The van der Waals surface area contributed by atoms with Gasteiger partial charge in [-0.25, -0.2) is 0 Å². The summed E-state index contributed by atoms with van der Waals surface area (Å²) in [6, 6.07) is 0.203. The van der Waals surface area contributed by atoms with Crippen LogP contribution in [0.4, 0.5) is 0 Å². The van der Waals surface area contributed by atoms with Crippen molar-refractivity contribution in [3.05, 3.63) is 0 Å². The highest BCUT2D eigenvalue weighted by Crippen LogP contribution is 2.22. The van der Waals surface area contributed by atoms with Crippen molar-refractivity contribution in [2.24, 2.45) is 11.1 Å². The smallest absolute Gasteiger partial charge is 0.221 e. The molecule has 0 saturated heterocycles. The lowest BCUT2D eigenvalue weighted by atomic mass is 9.84. The summed E-state index contributed by atoms with van der Waals surface area (Å²) in [5.74, 6) is 0.0566. The van der Waals surface area contributed by atoms with E-state index in [1.807, 2.05) is 14.1 Å². The van der Waals surface area contributed by atoms with Crippen LogP contribution in [0.25, 0.3) is 0 Å². The van der Waals surface area contributed by atoms with Gasteiger partial charge in [0, 0.05) is 19.0 Å². The third kappa shape index (κ3) is 6.80. The first-order chi connectivity index (χ1) is 7.27. The zero-order chi connectivity index (χ0) is 12.8. The first-order valence-corrected chi connectivity index (χ1v) is 5.91. The van der Waals surface area contributed by atoms with Crippen molar-refractivity contribution in [3.63, 3.8) is 0 Å². The van der Waals surface area contributed by atoms with Crippen molar-refractivity contribution in [1.29, 1.82) is 0 Å². The number of amides is 1. The molecule has 1 atom stereocenters. The molecule has 96 valence electrons. The van der Waals surface area contributed by atoms with Crippen LogP contribution in [-0.4, -0.2) is 44.0 Å². The van der Waals surface area contributed by atoms with Gasteiger partial charge in [-0.3, -0.25) is 4.79 Å². The minimum absolute atomic E-state index is 0.0566. The molecule has 1 amide bonds. The molecule has 0 aliphatic heterocycles. The summed E-state index contributed by atoms with van der Waals surface area (Å²) < 4.78 is 0. The van der Waals surface area contributed by atoms with E-state index in [2.05, 4.69) is 31.0 Å². The van der Waals surface area contributed by atoms with Gasteiger partial charge in [0.2, 0.25) is 5.91 Å². The standard InChI is InChI=1S/C12H27N3O/c1-12(2,3)10(7-9-15(4)5)14-11(16)6-8-13/h10H,6-9,13H2,1-5H3,(H,14,16). The lowest BCUT2D eigenvalue weighted by molar-refractivity contribution is -0.122. The molecule has 4 nitrogen and oxygen atoms in total. The Morgan fingerprint density at radius 2 is 1.94 bits per heavy atom. The van der Waals surface area contributed by atoms with Crippen molar-refractivity contribution in [1.82, 2.24) is 10.2 Å². The summed E-state index contributed by atoms with van der Waals surface area (Å²) >= 11 is 0. The second kappa shape index (κ2) is 6.86. The topological polar surface area (TPSA) is 58.4 Å². The summed E-state index contributed by atoms with van der Waals surface area (Å²) in [4.78, 5) is 13.7. The zero-order valence-corrected chi connectivity index (χ0v) is 11.3. The minimum atomic E-state index is 0.0566. The van der Waals surface area contributed by atoms with E-state index >= 15 is 0 Å². The molecule has 0 bridgehead atoms. The molecule has 0 aliphatic carbocycles. The number of hydrogen-bond acceptors (Lipinski definition) is 3. The van der Waals surface area contributed by atoms with Crippen LogP contribution in [0.15, 0.2) is 0 Å². The van der Waals surface area contributed by atoms with Crippen molar-refractivity contribution < 1.29 is 4.79 Å². The average molecular weight is 229 g/mol. The molecule has 0 aromatic rings. The Morgan fingerprint density at radius 3 is 2.31 bits per heavy atom. The molecule has 0 saturated carbocycles. The van der Waals surface area contributed by atoms with Gasteiger partial charge in [-0.2, -0.15) is 0 Å². The van der Waals surface area contributed by atoms with Gasteiger partial charge in [-0.15, -0.1) is 0 Å². The monoisotopic (exact) mass is 229 g/mol. The van der Waals surface area contributed by atoms with Crippen LogP contribution in [0.1, 0.15) is 33.6 Å². The van der Waals surface area contributed by atoms with Crippen LogP contribution < -0.4 is 11.1 Å². The fourth-order valence-corrected chi connectivity index (χ4v) is 1.51. The molecule has 0 heterocycles. The molecule has 0 fully saturated rings. The van der Waals surface area contributed by atoms with E-state index < -0.39 is 0 Å². The quantitative estimate of drug-likeness (QED) is 0.709. The number of rotatable bonds is 6. The maximum absolute atomic E-state index is 11.5. The average Bonchev–Trinajstić information content (AvgIpc) is 2.10. The van der Waals surface area contributed by atoms with Crippen LogP contribution in [0.3, 0.4) is 0 Å². The number of nitrogens with zero attached hydrogens (tertiary/aromatic N) is 1. The van der Waals surface area contributed by atoms with E-state index in [-0.39, 0.29) is 17.4 Å². The Bertz CT molecular complexity index is 209. The number of carbonyl (C=O) groups excluding carboxylic acids is 1. The summed E-state index contributed by atoms with van der Waals surface area (Å²) in [5, 5.41) is 3.07. The van der Waals surface area contributed by atoms with Gasteiger partial charge in [0.05, 0.1) is 0 Å². The molecule has 16 heavy (non-hydrogen) atoms. The number of carbonyl (C=O) groups is 1. The van der Waals surface area contributed by atoms with E-state index in [1.165, 1.54) is 0 Å². The third-order valence-corrected chi connectivity index (χ3v) is 2.62. The summed E-state index contributed by atoms with van der Waals surface area (Å²) in [5.41, 5.74) is 5.45. The van der Waals surface area contributed by atoms with E-state index in [1.54, 1.807) is 0 Å². The fraction of sp³-hybridized carbons (Fsp3) is 0.917. The molecule has 1 unspecified atom stereocenters. The maximum atomic E-state index is 11.5. The minimum Gasteiger partial charge on any atom is -0.353 e. The fourth-order valence-electron chi connectivity index (χ4n) is 1.51. The highest BCUT2D eigenvalue weighted by molar-refractivity contribution is 5.76. The van der Waals surface area contributed by atoms with Crippen LogP contribution in [0.5, 0.6) is 0 Å².